The van der Waals surface area contributed by atoms with Crippen molar-refractivity contribution in [2.45, 2.75) is 57.6 Å². The third kappa shape index (κ3) is 3.55. The first kappa shape index (κ1) is 6.73. The van der Waals surface area contributed by atoms with Gasteiger partial charge in [-0.2, -0.15) is 0 Å². The number of benzene rings is 1. The van der Waals surface area contributed by atoms with Gasteiger partial charge in [0, 0.05) is 74.0 Å². The first-order valence-corrected chi connectivity index (χ1v) is 8.50. The van der Waals surface area contributed by atoms with E-state index in [2.05, 4.69) is 10.1 Å². The smallest absolute Gasteiger partial charge is 0.256 e. The van der Waals surface area contributed by atoms with E-state index in [0.717, 1.165) is 6.92 Å². The second-order valence-electron chi connectivity index (χ2n) is 6.06. The molecule has 0 saturated carbocycles. The largest absolute Gasteiger partial charge is 0.356 e. The predicted molar refractivity (Wildman–Crippen MR) is 112 cm³/mol. The molecule has 2 aliphatic heterocycles. The lowest BCUT2D eigenvalue weighted by Crippen LogP contribution is -2.37. The van der Waals surface area contributed by atoms with Crippen molar-refractivity contribution in [2.24, 2.45) is 0 Å². The van der Waals surface area contributed by atoms with Crippen molar-refractivity contribution in [1.82, 2.24) is 19.6 Å². The molecule has 0 aliphatic carbocycles. The van der Waals surface area contributed by atoms with Gasteiger partial charge in [-0.05, 0) is 63.9 Å². The minimum absolute atomic E-state index is 0.0600. The summed E-state index contributed by atoms with van der Waals surface area (Å²) in [5.41, 5.74) is -6.55. The summed E-state index contributed by atoms with van der Waals surface area (Å²) < 4.78 is 207. The van der Waals surface area contributed by atoms with Crippen LogP contribution in [0, 0.1) is 12.7 Å². The fraction of sp³-hybridized carbons (Fsp3) is 0.522. The first-order chi connectivity index (χ1) is 23.0. The molecule has 1 fully saturated rings. The molecule has 6 nitrogen and oxygen atoms in total. The lowest BCUT2D eigenvalue weighted by atomic mass is 9.91. The minimum atomic E-state index is -4.42. The van der Waals surface area contributed by atoms with Crippen molar-refractivity contribution in [3.63, 3.8) is 0 Å². The van der Waals surface area contributed by atoms with Crippen molar-refractivity contribution < 1.29 is 39.1 Å². The van der Waals surface area contributed by atoms with Crippen LogP contribution in [0.15, 0.2) is 27.4 Å². The molecule has 2 aliphatic rings. The molecule has 1 saturated heterocycles. The Morgan fingerprint density at radius 2 is 2.20 bits per heavy atom. The number of nitrogens with zero attached hydrogens (tertiary/aromatic N) is 4. The number of hydrogen-bond donors (Lipinski definition) is 0. The van der Waals surface area contributed by atoms with E-state index < -0.39 is 138 Å². The van der Waals surface area contributed by atoms with Gasteiger partial charge in [-0.15, -0.1) is 0 Å². The second kappa shape index (κ2) is 7.95. The molecule has 0 radical (unpaired) electrons. The summed E-state index contributed by atoms with van der Waals surface area (Å²) in [5.74, 6) is -6.44. The number of halogens is 1. The summed E-state index contributed by atoms with van der Waals surface area (Å²) in [6.07, 6.45) is -20.2. The van der Waals surface area contributed by atoms with Gasteiger partial charge in [-0.1, -0.05) is 5.16 Å². The number of hydrogen-bond acceptors (Lipinski definition) is 5. The molecule has 4 heterocycles. The second-order valence-corrected chi connectivity index (χ2v) is 6.06. The Labute approximate surface area is 205 Å². The third-order valence-electron chi connectivity index (χ3n) is 4.16. The normalized spacial score (nSPS) is 42.6. The molecule has 0 unspecified atom stereocenters. The van der Waals surface area contributed by atoms with Crippen LogP contribution in [-0.2, 0) is 19.3 Å². The number of fused-ring (bicyclic) bond motifs is 2. The summed E-state index contributed by atoms with van der Waals surface area (Å²) >= 11 is 0. The van der Waals surface area contributed by atoms with Crippen LogP contribution >= 0.6 is 0 Å². The van der Waals surface area contributed by atoms with Crippen LogP contribution in [0.25, 0.3) is 11.0 Å². The van der Waals surface area contributed by atoms with Gasteiger partial charge in [0.2, 0.25) is 0 Å². The molecule has 7 heteroatoms. The van der Waals surface area contributed by atoms with Gasteiger partial charge in [0.15, 0.2) is 5.58 Å². The van der Waals surface area contributed by atoms with E-state index in [4.69, 9.17) is 34.7 Å². The van der Waals surface area contributed by atoms with Crippen molar-refractivity contribution in [1.29, 1.82) is 0 Å². The molecule has 1 aromatic carbocycles. The molecule has 0 spiro atoms. The molecule has 0 atom stereocenters. The zero-order chi connectivity index (χ0) is 40.3. The Balaban J connectivity index is 1.79. The van der Waals surface area contributed by atoms with Gasteiger partial charge in [-0.3, -0.25) is 9.36 Å². The fourth-order valence-electron chi connectivity index (χ4n) is 2.76. The highest BCUT2D eigenvalue weighted by atomic mass is 19.1. The van der Waals surface area contributed by atoms with Crippen LogP contribution in [0.2, 0.25) is 0 Å². The van der Waals surface area contributed by atoms with E-state index in [1.807, 2.05) is 0 Å². The maximum Gasteiger partial charge on any atom is 0.256 e. The van der Waals surface area contributed by atoms with Gasteiger partial charge in [0.1, 0.15) is 11.6 Å². The molecule has 3 aromatic rings. The van der Waals surface area contributed by atoms with Crippen molar-refractivity contribution in [3.05, 3.63) is 57.1 Å². The van der Waals surface area contributed by atoms with E-state index in [1.54, 1.807) is 0 Å². The molecule has 5 rings (SSSR count). The molecule has 158 valence electrons. The Kier molecular flexibility index (Phi) is 1.78. The molecule has 0 bridgehead atoms. The van der Waals surface area contributed by atoms with Gasteiger partial charge in [0.05, 0.1) is 9.81 Å². The number of aryl methyl sites for hydroxylation is 2. The van der Waals surface area contributed by atoms with Crippen molar-refractivity contribution in [3.8, 4) is 0 Å². The van der Waals surface area contributed by atoms with Gasteiger partial charge >= 0.3 is 0 Å². The monoisotopic (exact) mass is 432 g/mol. The topological polar surface area (TPSA) is 64.2 Å². The van der Waals surface area contributed by atoms with Gasteiger partial charge in [-0.25, -0.2) is 9.37 Å². The summed E-state index contributed by atoms with van der Waals surface area (Å²) in [6.45, 7) is -15.9. The Bertz CT molecular complexity index is 2060. The average molecular weight is 433 g/mol. The quantitative estimate of drug-likeness (QED) is 0.630. The zero-order valence-electron chi connectivity index (χ0n) is 37.2. The summed E-state index contributed by atoms with van der Waals surface area (Å²) in [6, 6.07) is -3.81. The maximum atomic E-state index is 14.5. The predicted octanol–water partition coefficient (Wildman–Crippen LogP) is 3.59. The number of aromatic nitrogens is 3. The minimum Gasteiger partial charge on any atom is -0.356 e. The molecular formula is C23H27FN4O2. The SMILES string of the molecule is [2H]c1c(F)c([2H])c2onc(C3([2H])C([2H])([2H])C([2H])([2H])N(C([2H])([2H])C([2H])([2H])c4c(C)nc5n(c4=O)C([2H])([2H])C([2H])([2H])C([2H])([2H])C5)C([2H])([2H])C3([2H])[2H])c2c1[2H]. The third-order valence-corrected chi connectivity index (χ3v) is 4.16. The Hall–Kier alpha value is -2.54. The molecule has 2 aromatic heterocycles. The number of rotatable bonds is 4. The average Bonchev–Trinajstić information content (AvgIpc) is 3.41. The summed E-state index contributed by atoms with van der Waals surface area (Å²) in [5, 5.41) is 2.26. The van der Waals surface area contributed by atoms with Gasteiger partial charge < -0.3 is 9.42 Å². The van der Waals surface area contributed by atoms with Crippen LogP contribution in [0.4, 0.5) is 4.39 Å². The lowest BCUT2D eigenvalue weighted by molar-refractivity contribution is 0.211. The van der Waals surface area contributed by atoms with E-state index in [9.17, 15) is 9.18 Å². The van der Waals surface area contributed by atoms with Crippen molar-refractivity contribution >= 4 is 11.0 Å². The van der Waals surface area contributed by atoms with Crippen LogP contribution < -0.4 is 5.56 Å². The van der Waals surface area contributed by atoms with E-state index >= 15 is 0 Å². The molecule has 0 N–H and O–H groups in total. The Morgan fingerprint density at radius 1 is 1.37 bits per heavy atom. The maximum absolute atomic E-state index is 14.5. The summed E-state index contributed by atoms with van der Waals surface area (Å²) in [7, 11) is 0. The van der Waals surface area contributed by atoms with E-state index in [0.29, 0.717) is 0 Å². The van der Waals surface area contributed by atoms with E-state index in [-0.39, 0.29) is 4.57 Å². The van der Waals surface area contributed by atoms with Crippen LogP contribution in [0.3, 0.4) is 0 Å². The lowest BCUT2D eigenvalue weighted by Gasteiger charge is -2.31. The number of likely N-dealkylation sites (tertiary alicyclic amines) is 1. The standard InChI is InChI=1S/C23H27FN4O2/c1-15-18(23(29)28-10-3-2-4-21(28)25-15)9-13-27-11-7-16(8-12-27)22-19-6-5-17(24)14-20(19)30-26-22/h5-6,14,16H,2-4,7-13H2,1H3/i2D2,3D2,5D,6D,7D2,8D2,9D2,10D2,11D2,12D2,13D2,14D,16D. The molecule has 30 heavy (non-hydrogen) atoms. The fourth-order valence-corrected chi connectivity index (χ4v) is 2.76. The van der Waals surface area contributed by atoms with Crippen LogP contribution in [-0.4, -0.2) is 39.1 Å². The summed E-state index contributed by atoms with van der Waals surface area (Å²) in [4.78, 5) is 16.9. The van der Waals surface area contributed by atoms with Crippen molar-refractivity contribution in [2.75, 3.05) is 19.5 Å². The zero-order valence-corrected chi connectivity index (χ0v) is 15.2. The Morgan fingerprint density at radius 3 is 3.03 bits per heavy atom. The van der Waals surface area contributed by atoms with Gasteiger partial charge in [0.25, 0.3) is 5.56 Å². The van der Waals surface area contributed by atoms with Crippen LogP contribution in [0.5, 0.6) is 0 Å². The highest BCUT2D eigenvalue weighted by Gasteiger charge is 2.25. The molecule has 0 amide bonds. The van der Waals surface area contributed by atoms with E-state index in [1.165, 1.54) is 0 Å². The highest BCUT2D eigenvalue weighted by Crippen LogP contribution is 2.32. The van der Waals surface area contributed by atoms with Crippen LogP contribution in [0.1, 0.15) is 84.3 Å². The highest BCUT2D eigenvalue weighted by molar-refractivity contribution is 5.79. The molecular weight excluding hydrogens is 383 g/mol. The first-order valence-electron chi connectivity index (χ1n) is 19.5. The number of piperidine rings is 1.